The Bertz CT molecular complexity index is 1100. The van der Waals surface area contributed by atoms with Crippen LogP contribution in [0.5, 0.6) is 0 Å². The van der Waals surface area contributed by atoms with E-state index in [9.17, 15) is 21.6 Å². The van der Waals surface area contributed by atoms with Crippen LogP contribution in [-0.2, 0) is 24.7 Å². The van der Waals surface area contributed by atoms with E-state index in [4.69, 9.17) is 4.52 Å². The first kappa shape index (κ1) is 23.4. The Kier molecular flexibility index (Phi) is 7.17. The summed E-state index contributed by atoms with van der Waals surface area (Å²) in [5, 5.41) is 6.49. The second kappa shape index (κ2) is 9.49. The Balaban J connectivity index is 1.46. The van der Waals surface area contributed by atoms with Crippen LogP contribution in [0, 0.1) is 19.8 Å². The molecule has 0 radical (unpaired) electrons. The van der Waals surface area contributed by atoms with Crippen LogP contribution < -0.4 is 5.32 Å². The SMILES string of the molecule is Cc1noc(C)c1S(=O)(=O)N1CCC(C(=O)NCCCS(=O)(=O)c2ccccc2)CC1. The first-order valence-electron chi connectivity index (χ1n) is 10.1. The molecule has 1 aromatic heterocycles. The van der Waals surface area contributed by atoms with Crippen molar-refractivity contribution in [3.63, 3.8) is 0 Å². The summed E-state index contributed by atoms with van der Waals surface area (Å²) in [6.07, 6.45) is 1.11. The number of nitrogens with one attached hydrogen (secondary N) is 1. The van der Waals surface area contributed by atoms with Gasteiger partial charge in [-0.2, -0.15) is 4.31 Å². The normalized spacial score (nSPS) is 16.3. The summed E-state index contributed by atoms with van der Waals surface area (Å²) in [6, 6.07) is 8.21. The van der Waals surface area contributed by atoms with E-state index in [1.807, 2.05) is 0 Å². The van der Waals surface area contributed by atoms with E-state index in [1.54, 1.807) is 44.2 Å². The van der Waals surface area contributed by atoms with Crippen LogP contribution >= 0.6 is 0 Å². The molecule has 0 saturated carbocycles. The summed E-state index contributed by atoms with van der Waals surface area (Å²) in [7, 11) is -7.09. The van der Waals surface area contributed by atoms with E-state index in [1.165, 1.54) is 4.31 Å². The minimum absolute atomic E-state index is 0.0502. The highest BCUT2D eigenvalue weighted by Crippen LogP contribution is 2.27. The molecule has 0 spiro atoms. The Morgan fingerprint density at radius 2 is 1.77 bits per heavy atom. The lowest BCUT2D eigenvalue weighted by molar-refractivity contribution is -0.126. The summed E-state index contributed by atoms with van der Waals surface area (Å²) in [6.45, 7) is 3.86. The molecule has 11 heteroatoms. The molecule has 1 fully saturated rings. The molecular formula is C20H27N3O6S2. The number of benzene rings is 1. The topological polar surface area (TPSA) is 127 Å². The second-order valence-electron chi connectivity index (χ2n) is 7.61. The minimum atomic E-state index is -3.71. The summed E-state index contributed by atoms with van der Waals surface area (Å²) in [4.78, 5) is 12.8. The maximum absolute atomic E-state index is 12.9. The molecule has 3 rings (SSSR count). The Morgan fingerprint density at radius 3 is 2.35 bits per heavy atom. The molecule has 0 bridgehead atoms. The predicted molar refractivity (Wildman–Crippen MR) is 114 cm³/mol. The third kappa shape index (κ3) is 5.34. The van der Waals surface area contributed by atoms with Crippen LogP contribution in [0.15, 0.2) is 44.6 Å². The maximum atomic E-state index is 12.9. The van der Waals surface area contributed by atoms with Gasteiger partial charge >= 0.3 is 0 Å². The van der Waals surface area contributed by atoms with Crippen LogP contribution in [-0.4, -0.2) is 57.6 Å². The lowest BCUT2D eigenvalue weighted by Gasteiger charge is -2.30. The number of carbonyl (C=O) groups is 1. The molecular weight excluding hydrogens is 442 g/mol. The Morgan fingerprint density at radius 1 is 1.13 bits per heavy atom. The fourth-order valence-electron chi connectivity index (χ4n) is 3.69. The van der Waals surface area contributed by atoms with Gasteiger partial charge in [-0.25, -0.2) is 16.8 Å². The van der Waals surface area contributed by atoms with Gasteiger partial charge in [-0.15, -0.1) is 0 Å². The fourth-order valence-corrected chi connectivity index (χ4v) is 6.79. The van der Waals surface area contributed by atoms with Gasteiger partial charge in [0.25, 0.3) is 0 Å². The quantitative estimate of drug-likeness (QED) is 0.583. The highest BCUT2D eigenvalue weighted by atomic mass is 32.2. The van der Waals surface area contributed by atoms with Crippen molar-refractivity contribution in [1.82, 2.24) is 14.8 Å². The van der Waals surface area contributed by atoms with Crippen molar-refractivity contribution in [2.45, 2.75) is 42.9 Å². The van der Waals surface area contributed by atoms with Gasteiger partial charge in [0.15, 0.2) is 15.6 Å². The lowest BCUT2D eigenvalue weighted by atomic mass is 9.97. The number of sulfonamides is 1. The maximum Gasteiger partial charge on any atom is 0.248 e. The Hall–Kier alpha value is -2.24. The molecule has 31 heavy (non-hydrogen) atoms. The molecule has 1 aliphatic heterocycles. The van der Waals surface area contributed by atoms with Crippen molar-refractivity contribution in [3.8, 4) is 0 Å². The van der Waals surface area contributed by atoms with Crippen LogP contribution in [0.2, 0.25) is 0 Å². The number of amides is 1. The van der Waals surface area contributed by atoms with Gasteiger partial charge in [0.2, 0.25) is 15.9 Å². The number of sulfone groups is 1. The molecule has 1 N–H and O–H groups in total. The van der Waals surface area contributed by atoms with Crippen LogP contribution in [0.25, 0.3) is 0 Å². The smallest absolute Gasteiger partial charge is 0.248 e. The molecule has 0 unspecified atom stereocenters. The number of carbonyl (C=O) groups excluding carboxylic acids is 1. The molecule has 2 heterocycles. The van der Waals surface area contributed by atoms with E-state index >= 15 is 0 Å². The number of nitrogens with zero attached hydrogens (tertiary/aromatic N) is 2. The number of aryl methyl sites for hydroxylation is 2. The van der Waals surface area contributed by atoms with Crippen LogP contribution in [0.1, 0.15) is 30.7 Å². The number of rotatable bonds is 8. The van der Waals surface area contributed by atoms with Gasteiger partial charge in [-0.1, -0.05) is 23.4 Å². The minimum Gasteiger partial charge on any atom is -0.360 e. The third-order valence-corrected chi connectivity index (χ3v) is 9.34. The van der Waals surface area contributed by atoms with E-state index in [-0.39, 0.29) is 52.8 Å². The van der Waals surface area contributed by atoms with Crippen molar-refractivity contribution >= 4 is 25.8 Å². The standard InChI is InChI=1S/C20H27N3O6S2/c1-15-19(16(2)29-22-15)31(27,28)23-12-9-17(10-13-23)20(24)21-11-6-14-30(25,26)18-7-4-3-5-8-18/h3-5,7-8,17H,6,9-14H2,1-2H3,(H,21,24). The summed E-state index contributed by atoms with van der Waals surface area (Å²) in [5.41, 5.74) is 0.322. The van der Waals surface area contributed by atoms with Crippen LogP contribution in [0.4, 0.5) is 0 Å². The van der Waals surface area contributed by atoms with Gasteiger partial charge in [0.1, 0.15) is 10.6 Å². The molecule has 1 saturated heterocycles. The van der Waals surface area contributed by atoms with E-state index in [0.717, 1.165) is 0 Å². The zero-order valence-corrected chi connectivity index (χ0v) is 19.2. The summed E-state index contributed by atoms with van der Waals surface area (Å²) >= 11 is 0. The van der Waals surface area contributed by atoms with E-state index in [2.05, 4.69) is 10.5 Å². The average Bonchev–Trinajstić information content (AvgIpc) is 3.10. The van der Waals surface area contributed by atoms with Crippen molar-refractivity contribution in [3.05, 3.63) is 41.8 Å². The zero-order chi connectivity index (χ0) is 22.6. The number of aromatic nitrogens is 1. The van der Waals surface area contributed by atoms with Crippen molar-refractivity contribution in [1.29, 1.82) is 0 Å². The van der Waals surface area contributed by atoms with Crippen molar-refractivity contribution < 1.29 is 26.2 Å². The molecule has 0 atom stereocenters. The second-order valence-corrected chi connectivity index (χ2v) is 11.6. The first-order valence-corrected chi connectivity index (χ1v) is 13.2. The van der Waals surface area contributed by atoms with Crippen molar-refractivity contribution in [2.24, 2.45) is 5.92 Å². The average molecular weight is 470 g/mol. The predicted octanol–water partition coefficient (Wildman–Crippen LogP) is 1.67. The first-order chi connectivity index (χ1) is 14.6. The molecule has 1 aliphatic rings. The number of hydrogen-bond acceptors (Lipinski definition) is 7. The zero-order valence-electron chi connectivity index (χ0n) is 17.6. The Labute approximate surface area is 182 Å². The van der Waals surface area contributed by atoms with E-state index < -0.39 is 19.9 Å². The van der Waals surface area contributed by atoms with Crippen LogP contribution in [0.3, 0.4) is 0 Å². The summed E-state index contributed by atoms with van der Waals surface area (Å²) in [5.74, 6) is -0.276. The molecule has 2 aromatic rings. The number of hydrogen-bond donors (Lipinski definition) is 1. The monoisotopic (exact) mass is 469 g/mol. The van der Waals surface area contributed by atoms with Gasteiger partial charge in [0.05, 0.1) is 10.6 Å². The van der Waals surface area contributed by atoms with Gasteiger partial charge in [-0.3, -0.25) is 4.79 Å². The van der Waals surface area contributed by atoms with Gasteiger partial charge in [0, 0.05) is 25.6 Å². The molecule has 9 nitrogen and oxygen atoms in total. The third-order valence-electron chi connectivity index (χ3n) is 5.38. The van der Waals surface area contributed by atoms with Gasteiger partial charge in [-0.05, 0) is 45.2 Å². The highest BCUT2D eigenvalue weighted by Gasteiger charge is 2.35. The van der Waals surface area contributed by atoms with E-state index in [0.29, 0.717) is 25.0 Å². The largest absolute Gasteiger partial charge is 0.360 e. The summed E-state index contributed by atoms with van der Waals surface area (Å²) < 4.78 is 56.6. The lowest BCUT2D eigenvalue weighted by Crippen LogP contribution is -2.43. The van der Waals surface area contributed by atoms with Crippen molar-refractivity contribution in [2.75, 3.05) is 25.4 Å². The fraction of sp³-hybridized carbons (Fsp3) is 0.500. The number of piperidine rings is 1. The highest BCUT2D eigenvalue weighted by molar-refractivity contribution is 7.91. The molecule has 0 aliphatic carbocycles. The molecule has 170 valence electrons. The van der Waals surface area contributed by atoms with Gasteiger partial charge < -0.3 is 9.84 Å². The molecule has 1 aromatic carbocycles. The molecule has 1 amide bonds.